The summed E-state index contributed by atoms with van der Waals surface area (Å²) in [5, 5.41) is 0. The van der Waals surface area contributed by atoms with Crippen LogP contribution in [0.25, 0.3) is 0 Å². The van der Waals surface area contributed by atoms with Gasteiger partial charge < -0.3 is 0 Å². The van der Waals surface area contributed by atoms with Crippen LogP contribution < -0.4 is 0 Å². The highest BCUT2D eigenvalue weighted by Crippen LogP contribution is 2.18. The first kappa shape index (κ1) is 8.88. The second-order valence-electron chi connectivity index (χ2n) is 2.66. The molecule has 0 saturated heterocycles. The number of thioether (sulfide) groups is 1. The minimum absolute atomic E-state index is 1.29. The first-order chi connectivity index (χ1) is 5.33. The normalized spacial score (nSPS) is 10.3. The molecule has 60 valence electrons. The Labute approximate surface area is 75.8 Å². The highest BCUT2D eigenvalue weighted by molar-refractivity contribution is 7.99. The smallest absolute Gasteiger partial charge is 0.00720 e. The van der Waals surface area contributed by atoms with Gasteiger partial charge in [0.2, 0.25) is 0 Å². The fourth-order valence-electron chi connectivity index (χ4n) is 0.854. The lowest BCUT2D eigenvalue weighted by molar-refractivity contribution is 1.37. The summed E-state index contributed by atoms with van der Waals surface area (Å²) in [5.41, 5.74) is 1.35. The number of benzene rings is 1. The molecule has 0 heterocycles. The van der Waals surface area contributed by atoms with E-state index in [1.54, 1.807) is 0 Å². The van der Waals surface area contributed by atoms with E-state index in [1.807, 2.05) is 11.8 Å². The van der Waals surface area contributed by atoms with Crippen molar-refractivity contribution in [3.8, 4) is 0 Å². The molecule has 0 amide bonds. The molecule has 0 atom stereocenters. The fraction of sp³-hybridized carbons (Fsp3) is 0.333. The van der Waals surface area contributed by atoms with Crippen molar-refractivity contribution in [2.45, 2.75) is 17.9 Å². The molecule has 0 aliphatic heterocycles. The van der Waals surface area contributed by atoms with Gasteiger partial charge in [0, 0.05) is 15.1 Å². The molecule has 0 nitrogen and oxygen atoms in total. The highest BCUT2D eigenvalue weighted by Gasteiger charge is 1.90. The van der Waals surface area contributed by atoms with E-state index in [0.29, 0.717) is 0 Å². The molecule has 0 bridgehead atoms. The van der Waals surface area contributed by atoms with Crippen LogP contribution in [0.1, 0.15) is 5.56 Å². The lowest BCUT2D eigenvalue weighted by atomic mass is 10.2. The van der Waals surface area contributed by atoms with Gasteiger partial charge in [-0.2, -0.15) is 0 Å². The Morgan fingerprint density at radius 2 is 1.91 bits per heavy atom. The van der Waals surface area contributed by atoms with Crippen molar-refractivity contribution < 1.29 is 0 Å². The van der Waals surface area contributed by atoms with Gasteiger partial charge in [0.1, 0.15) is 0 Å². The summed E-state index contributed by atoms with van der Waals surface area (Å²) in [5.74, 6) is 1.29. The molecule has 1 aromatic rings. The van der Waals surface area contributed by atoms with E-state index in [0.717, 1.165) is 0 Å². The molecular weight excluding hydrogens is 168 g/mol. The van der Waals surface area contributed by atoms with Gasteiger partial charge in [0.15, 0.2) is 0 Å². The summed E-state index contributed by atoms with van der Waals surface area (Å²) in [4.78, 5) is 1.41. The minimum Gasteiger partial charge on any atom is -0.126 e. The van der Waals surface area contributed by atoms with Crippen molar-refractivity contribution in [2.75, 3.05) is 5.75 Å². The zero-order valence-electron chi connectivity index (χ0n) is 7.13. The van der Waals surface area contributed by atoms with Crippen molar-refractivity contribution in [1.29, 1.82) is 0 Å². The minimum atomic E-state index is 1.29. The van der Waals surface area contributed by atoms with E-state index in [9.17, 15) is 0 Å². The van der Waals surface area contributed by atoms with E-state index in [-0.39, 0.29) is 0 Å². The van der Waals surface area contributed by atoms with Gasteiger partial charge in [-0.05, 0) is 24.8 Å². The van der Waals surface area contributed by atoms with Gasteiger partial charge in [-0.25, -0.2) is 0 Å². The van der Waals surface area contributed by atoms with Crippen LogP contribution in [-0.4, -0.2) is 16.0 Å². The number of aryl methyl sites for hydroxylation is 1. The third-order valence-corrected chi connectivity index (χ3v) is 3.94. The molecule has 0 unspecified atom stereocenters. The van der Waals surface area contributed by atoms with Crippen LogP contribution in [0.15, 0.2) is 29.2 Å². The average Bonchev–Trinajstić information content (AvgIpc) is 2.04. The third-order valence-electron chi connectivity index (χ3n) is 1.49. The molecule has 0 saturated carbocycles. The molecule has 0 aliphatic rings. The first-order valence-corrected chi connectivity index (χ1v) is 6.42. The van der Waals surface area contributed by atoms with E-state index in [4.69, 9.17) is 0 Å². The molecular formula is C9H14SSi. The van der Waals surface area contributed by atoms with E-state index >= 15 is 0 Å². The first-order valence-electron chi connectivity index (χ1n) is 4.02. The average molecular weight is 182 g/mol. The quantitative estimate of drug-likeness (QED) is 0.508. The number of hydrogen-bond donors (Lipinski definition) is 0. The van der Waals surface area contributed by atoms with Crippen molar-refractivity contribution in [3.63, 3.8) is 0 Å². The Morgan fingerprint density at radius 3 is 2.45 bits per heavy atom. The Morgan fingerprint density at radius 1 is 1.27 bits per heavy atom. The second kappa shape index (κ2) is 4.62. The van der Waals surface area contributed by atoms with Crippen LogP contribution in [0, 0.1) is 6.92 Å². The van der Waals surface area contributed by atoms with E-state index in [2.05, 4.69) is 31.2 Å². The van der Waals surface area contributed by atoms with Crippen LogP contribution in [0.3, 0.4) is 0 Å². The van der Waals surface area contributed by atoms with Gasteiger partial charge in [-0.15, -0.1) is 11.8 Å². The lowest BCUT2D eigenvalue weighted by Gasteiger charge is -1.98. The summed E-state index contributed by atoms with van der Waals surface area (Å²) in [6.07, 6.45) is 0. The summed E-state index contributed by atoms with van der Waals surface area (Å²) in [6, 6.07) is 10.2. The molecule has 11 heavy (non-hydrogen) atoms. The number of hydrogen-bond acceptors (Lipinski definition) is 1. The Bertz CT molecular complexity index is 205. The largest absolute Gasteiger partial charge is 0.126 e. The van der Waals surface area contributed by atoms with E-state index < -0.39 is 0 Å². The van der Waals surface area contributed by atoms with Crippen molar-refractivity contribution in [3.05, 3.63) is 29.8 Å². The summed E-state index contributed by atoms with van der Waals surface area (Å²) in [6.45, 7) is 2.13. The molecule has 1 rings (SSSR count). The lowest BCUT2D eigenvalue weighted by Crippen LogP contribution is -1.77. The maximum absolute atomic E-state index is 2.21. The molecule has 0 spiro atoms. The standard InChI is InChI=1S/C9H14SSi/c1-8-2-4-9(5-3-8)10-6-7-11/h2-5H,6-7H2,1,11H3. The Balaban J connectivity index is 2.52. The SMILES string of the molecule is Cc1ccc(SCC[SiH3])cc1. The molecule has 0 aromatic heterocycles. The van der Waals surface area contributed by atoms with Gasteiger partial charge in [-0.3, -0.25) is 0 Å². The van der Waals surface area contributed by atoms with Gasteiger partial charge in [0.25, 0.3) is 0 Å². The maximum atomic E-state index is 2.21. The molecule has 0 N–H and O–H groups in total. The van der Waals surface area contributed by atoms with Gasteiger partial charge >= 0.3 is 0 Å². The number of rotatable bonds is 3. The van der Waals surface area contributed by atoms with Crippen LogP contribution in [0.2, 0.25) is 6.04 Å². The van der Waals surface area contributed by atoms with Crippen molar-refractivity contribution in [2.24, 2.45) is 0 Å². The van der Waals surface area contributed by atoms with Gasteiger partial charge in [-0.1, -0.05) is 23.7 Å². The van der Waals surface area contributed by atoms with E-state index in [1.165, 1.54) is 32.5 Å². The third kappa shape index (κ3) is 3.12. The monoisotopic (exact) mass is 182 g/mol. The molecule has 2 heteroatoms. The fourth-order valence-corrected chi connectivity index (χ4v) is 2.24. The summed E-state index contributed by atoms with van der Waals surface area (Å²) >= 11 is 1.96. The van der Waals surface area contributed by atoms with Crippen molar-refractivity contribution >= 4 is 22.0 Å². The molecule has 0 radical (unpaired) electrons. The Kier molecular flexibility index (Phi) is 3.73. The summed E-state index contributed by atoms with van der Waals surface area (Å²) in [7, 11) is 1.33. The molecule has 1 aromatic carbocycles. The van der Waals surface area contributed by atoms with Gasteiger partial charge in [0.05, 0.1) is 0 Å². The van der Waals surface area contributed by atoms with Crippen LogP contribution >= 0.6 is 11.8 Å². The van der Waals surface area contributed by atoms with Crippen molar-refractivity contribution in [1.82, 2.24) is 0 Å². The van der Waals surface area contributed by atoms with Crippen LogP contribution in [-0.2, 0) is 0 Å². The predicted octanol–water partition coefficient (Wildman–Crippen LogP) is 1.87. The maximum Gasteiger partial charge on any atom is 0.00720 e. The highest BCUT2D eigenvalue weighted by atomic mass is 32.2. The zero-order chi connectivity index (χ0) is 8.10. The van der Waals surface area contributed by atoms with Crippen LogP contribution in [0.5, 0.6) is 0 Å². The second-order valence-corrected chi connectivity index (χ2v) is 4.83. The predicted molar refractivity (Wildman–Crippen MR) is 56.6 cm³/mol. The zero-order valence-corrected chi connectivity index (χ0v) is 9.95. The Hall–Kier alpha value is -0.213. The summed E-state index contributed by atoms with van der Waals surface area (Å²) < 4.78 is 0. The molecule has 0 fully saturated rings. The molecule has 0 aliphatic carbocycles. The topological polar surface area (TPSA) is 0 Å². The van der Waals surface area contributed by atoms with Crippen LogP contribution in [0.4, 0.5) is 0 Å².